The first-order valence-corrected chi connectivity index (χ1v) is 8.09. The summed E-state index contributed by atoms with van der Waals surface area (Å²) in [7, 11) is 2.87. The molecule has 0 aliphatic rings. The number of aliphatic imine (C=N–C) groups is 1. The average molecular weight is 509 g/mol. The Morgan fingerprint density at radius 1 is 1.25 bits per heavy atom. The SMILES string of the molecule is CN=C(NCc1cc(C(=O)OC)c(C)o1)NCc1ccccc1OC(F)F.I. The molecule has 0 aliphatic heterocycles. The van der Waals surface area contributed by atoms with Crippen LogP contribution in [0.3, 0.4) is 0 Å². The minimum absolute atomic E-state index is 0. The van der Waals surface area contributed by atoms with Gasteiger partial charge in [-0.1, -0.05) is 18.2 Å². The molecule has 0 radical (unpaired) electrons. The van der Waals surface area contributed by atoms with Crippen LogP contribution in [0.5, 0.6) is 5.75 Å². The van der Waals surface area contributed by atoms with Crippen LogP contribution in [0.1, 0.15) is 27.4 Å². The van der Waals surface area contributed by atoms with E-state index in [4.69, 9.17) is 4.42 Å². The summed E-state index contributed by atoms with van der Waals surface area (Å²) < 4.78 is 39.6. The van der Waals surface area contributed by atoms with Crippen LogP contribution < -0.4 is 15.4 Å². The van der Waals surface area contributed by atoms with E-state index in [0.29, 0.717) is 28.6 Å². The molecule has 0 aliphatic carbocycles. The molecule has 2 aromatic rings. The fourth-order valence-electron chi connectivity index (χ4n) is 2.37. The van der Waals surface area contributed by atoms with Gasteiger partial charge in [0.25, 0.3) is 0 Å². The van der Waals surface area contributed by atoms with Gasteiger partial charge in [0, 0.05) is 19.2 Å². The first-order chi connectivity index (χ1) is 12.9. The van der Waals surface area contributed by atoms with E-state index in [1.165, 1.54) is 13.2 Å². The molecular formula is C18H22F2IN3O4. The Bertz CT molecular complexity index is 812. The average Bonchev–Trinajstić information content (AvgIpc) is 3.02. The number of carbonyl (C=O) groups is 1. The topological polar surface area (TPSA) is 85.1 Å². The lowest BCUT2D eigenvalue weighted by Gasteiger charge is -2.14. The fraction of sp³-hybridized carbons (Fsp3) is 0.333. The third kappa shape index (κ3) is 6.66. The Morgan fingerprint density at radius 2 is 1.93 bits per heavy atom. The van der Waals surface area contributed by atoms with Gasteiger partial charge in [0.1, 0.15) is 22.8 Å². The van der Waals surface area contributed by atoms with Gasteiger partial charge >= 0.3 is 12.6 Å². The highest BCUT2D eigenvalue weighted by Crippen LogP contribution is 2.20. The van der Waals surface area contributed by atoms with E-state index in [0.717, 1.165) is 0 Å². The third-order valence-electron chi connectivity index (χ3n) is 3.66. The molecule has 0 fully saturated rings. The van der Waals surface area contributed by atoms with Crippen molar-refractivity contribution in [1.82, 2.24) is 10.6 Å². The number of nitrogens with zero attached hydrogens (tertiary/aromatic N) is 1. The maximum absolute atomic E-state index is 12.5. The van der Waals surface area contributed by atoms with Crippen molar-refractivity contribution < 1.29 is 27.5 Å². The molecule has 1 heterocycles. The van der Waals surface area contributed by atoms with Crippen molar-refractivity contribution in [3.63, 3.8) is 0 Å². The molecule has 2 N–H and O–H groups in total. The highest BCUT2D eigenvalue weighted by Gasteiger charge is 2.15. The second-order valence-corrected chi connectivity index (χ2v) is 5.44. The normalized spacial score (nSPS) is 11.0. The van der Waals surface area contributed by atoms with E-state index in [-0.39, 0.29) is 42.8 Å². The van der Waals surface area contributed by atoms with Crippen molar-refractivity contribution in [2.45, 2.75) is 26.6 Å². The van der Waals surface area contributed by atoms with Gasteiger partial charge in [0.2, 0.25) is 0 Å². The number of para-hydroxylation sites is 1. The number of esters is 1. The standard InChI is InChI=1S/C18H21F2N3O4.HI/c1-11-14(16(24)25-3)8-13(26-11)10-23-18(21-2)22-9-12-6-4-5-7-15(12)27-17(19)20;/h4-8,17H,9-10H2,1-3H3,(H2,21,22,23);1H. The molecule has 1 aromatic heterocycles. The zero-order valence-electron chi connectivity index (χ0n) is 15.6. The minimum Gasteiger partial charge on any atom is -0.465 e. The van der Waals surface area contributed by atoms with Gasteiger partial charge in [-0.3, -0.25) is 4.99 Å². The summed E-state index contributed by atoms with van der Waals surface area (Å²) >= 11 is 0. The Balaban J connectivity index is 0.00000392. The van der Waals surface area contributed by atoms with Crippen molar-refractivity contribution in [2.75, 3.05) is 14.2 Å². The van der Waals surface area contributed by atoms with Crippen molar-refractivity contribution in [3.8, 4) is 5.75 Å². The molecule has 2 rings (SSSR count). The predicted octanol–water partition coefficient (Wildman–Crippen LogP) is 3.46. The molecule has 154 valence electrons. The fourth-order valence-corrected chi connectivity index (χ4v) is 2.37. The molecule has 7 nitrogen and oxygen atoms in total. The maximum atomic E-state index is 12.5. The molecule has 0 amide bonds. The largest absolute Gasteiger partial charge is 0.465 e. The number of aryl methyl sites for hydroxylation is 1. The van der Waals surface area contributed by atoms with Crippen LogP contribution in [0.15, 0.2) is 39.7 Å². The van der Waals surface area contributed by atoms with Gasteiger partial charge in [-0.2, -0.15) is 8.78 Å². The number of methoxy groups -OCH3 is 1. The summed E-state index contributed by atoms with van der Waals surface area (Å²) in [5.74, 6) is 1.04. The van der Waals surface area contributed by atoms with Crippen molar-refractivity contribution in [3.05, 3.63) is 53.0 Å². The van der Waals surface area contributed by atoms with E-state index >= 15 is 0 Å². The molecule has 0 saturated heterocycles. The van der Waals surface area contributed by atoms with E-state index in [1.54, 1.807) is 38.2 Å². The van der Waals surface area contributed by atoms with Gasteiger partial charge in [0.15, 0.2) is 5.96 Å². The Morgan fingerprint density at radius 3 is 2.57 bits per heavy atom. The van der Waals surface area contributed by atoms with Gasteiger partial charge in [-0.05, 0) is 19.1 Å². The van der Waals surface area contributed by atoms with E-state index < -0.39 is 12.6 Å². The molecule has 0 saturated carbocycles. The summed E-state index contributed by atoms with van der Waals surface area (Å²) in [5, 5.41) is 6.02. The lowest BCUT2D eigenvalue weighted by molar-refractivity contribution is -0.0504. The number of hydrogen-bond donors (Lipinski definition) is 2. The smallest absolute Gasteiger partial charge is 0.387 e. The molecule has 0 atom stereocenters. The maximum Gasteiger partial charge on any atom is 0.387 e. The minimum atomic E-state index is -2.89. The lowest BCUT2D eigenvalue weighted by Crippen LogP contribution is -2.36. The summed E-state index contributed by atoms with van der Waals surface area (Å²) in [4.78, 5) is 15.7. The molecule has 0 unspecified atom stereocenters. The third-order valence-corrected chi connectivity index (χ3v) is 3.66. The van der Waals surface area contributed by atoms with Gasteiger partial charge < -0.3 is 24.5 Å². The van der Waals surface area contributed by atoms with Crippen molar-refractivity contribution in [1.29, 1.82) is 0 Å². The van der Waals surface area contributed by atoms with Crippen LogP contribution in [0.25, 0.3) is 0 Å². The molecular weight excluding hydrogens is 487 g/mol. The van der Waals surface area contributed by atoms with Crippen LogP contribution in [0.2, 0.25) is 0 Å². The Hall–Kier alpha value is -2.37. The number of alkyl halides is 2. The first kappa shape index (κ1) is 23.7. The van der Waals surface area contributed by atoms with E-state index in [2.05, 4.69) is 25.1 Å². The predicted molar refractivity (Wildman–Crippen MR) is 110 cm³/mol. The monoisotopic (exact) mass is 509 g/mol. The quantitative estimate of drug-likeness (QED) is 0.258. The molecule has 10 heteroatoms. The number of ether oxygens (including phenoxy) is 2. The number of guanidine groups is 1. The summed E-state index contributed by atoms with van der Waals surface area (Å²) in [6, 6.07) is 8.08. The highest BCUT2D eigenvalue weighted by atomic mass is 127. The summed E-state index contributed by atoms with van der Waals surface area (Å²) in [6.07, 6.45) is 0. The van der Waals surface area contributed by atoms with Gasteiger partial charge in [0.05, 0.1) is 13.7 Å². The van der Waals surface area contributed by atoms with Gasteiger partial charge in [-0.25, -0.2) is 4.79 Å². The second kappa shape index (κ2) is 11.5. The number of benzene rings is 1. The number of nitrogens with one attached hydrogen (secondary N) is 2. The molecule has 0 spiro atoms. The number of halogens is 3. The Labute approximate surface area is 178 Å². The number of furan rings is 1. The van der Waals surface area contributed by atoms with Crippen LogP contribution in [0.4, 0.5) is 8.78 Å². The van der Waals surface area contributed by atoms with Crippen molar-refractivity contribution >= 4 is 35.9 Å². The second-order valence-electron chi connectivity index (χ2n) is 5.44. The van der Waals surface area contributed by atoms with Gasteiger partial charge in [-0.15, -0.1) is 24.0 Å². The number of rotatable bonds is 7. The summed E-state index contributed by atoms with van der Waals surface area (Å²) in [6.45, 7) is -0.724. The van der Waals surface area contributed by atoms with E-state index in [9.17, 15) is 13.6 Å². The number of hydrogen-bond acceptors (Lipinski definition) is 5. The molecule has 0 bridgehead atoms. The highest BCUT2D eigenvalue weighted by molar-refractivity contribution is 14.0. The van der Waals surface area contributed by atoms with Crippen LogP contribution >= 0.6 is 24.0 Å². The zero-order valence-corrected chi connectivity index (χ0v) is 18.0. The van der Waals surface area contributed by atoms with Crippen LogP contribution in [-0.2, 0) is 17.8 Å². The summed E-state index contributed by atoms with van der Waals surface area (Å²) in [5.41, 5.74) is 0.915. The van der Waals surface area contributed by atoms with Crippen LogP contribution in [-0.4, -0.2) is 32.7 Å². The number of carbonyl (C=O) groups excluding carboxylic acids is 1. The lowest BCUT2D eigenvalue weighted by atomic mass is 10.2. The zero-order chi connectivity index (χ0) is 19.8. The van der Waals surface area contributed by atoms with E-state index in [1.807, 2.05) is 0 Å². The first-order valence-electron chi connectivity index (χ1n) is 8.09. The molecule has 28 heavy (non-hydrogen) atoms. The molecule has 1 aromatic carbocycles. The Kier molecular flexibility index (Phi) is 9.69. The van der Waals surface area contributed by atoms with Crippen molar-refractivity contribution in [2.24, 2.45) is 4.99 Å². The van der Waals surface area contributed by atoms with Crippen LogP contribution in [0, 0.1) is 6.92 Å².